The first-order chi connectivity index (χ1) is 6.69. The van der Waals surface area contributed by atoms with E-state index in [1.54, 1.807) is 11.3 Å². The Morgan fingerprint density at radius 2 is 2.43 bits per heavy atom. The Kier molecular flexibility index (Phi) is 2.31. The van der Waals surface area contributed by atoms with Crippen molar-refractivity contribution >= 4 is 17.3 Å². The minimum absolute atomic E-state index is 0.102. The van der Waals surface area contributed by atoms with Crippen LogP contribution < -0.4 is 0 Å². The van der Waals surface area contributed by atoms with Crippen molar-refractivity contribution in [1.82, 2.24) is 4.98 Å². The Morgan fingerprint density at radius 3 is 2.86 bits per heavy atom. The zero-order chi connectivity index (χ0) is 10.2. The Balaban J connectivity index is 2.21. The van der Waals surface area contributed by atoms with Gasteiger partial charge in [0.15, 0.2) is 0 Å². The number of esters is 1. The molecule has 1 aromatic heterocycles. The molecule has 14 heavy (non-hydrogen) atoms. The van der Waals surface area contributed by atoms with Gasteiger partial charge in [0, 0.05) is 11.1 Å². The molecule has 1 aromatic rings. The molecule has 1 aliphatic carbocycles. The van der Waals surface area contributed by atoms with E-state index in [0.29, 0.717) is 6.61 Å². The minimum atomic E-state index is -0.380. The SMILES string of the molecule is CCOC(=O)C1(c2nc(C)cs2)CC1. The Labute approximate surface area is 87.1 Å². The van der Waals surface area contributed by atoms with Gasteiger partial charge in [0.1, 0.15) is 10.4 Å². The van der Waals surface area contributed by atoms with Crippen LogP contribution in [0.3, 0.4) is 0 Å². The molecule has 0 radical (unpaired) electrons. The lowest BCUT2D eigenvalue weighted by Gasteiger charge is -2.09. The van der Waals surface area contributed by atoms with Crippen LogP contribution in [0, 0.1) is 6.92 Å². The number of rotatable bonds is 3. The summed E-state index contributed by atoms with van der Waals surface area (Å²) in [5, 5.41) is 2.91. The summed E-state index contributed by atoms with van der Waals surface area (Å²) in [7, 11) is 0. The van der Waals surface area contributed by atoms with Crippen LogP contribution in [0.25, 0.3) is 0 Å². The third-order valence-electron chi connectivity index (χ3n) is 2.44. The Hall–Kier alpha value is -0.900. The molecule has 1 aliphatic rings. The lowest BCUT2D eigenvalue weighted by molar-refractivity contribution is -0.146. The Morgan fingerprint density at radius 1 is 1.71 bits per heavy atom. The van der Waals surface area contributed by atoms with Gasteiger partial charge >= 0.3 is 5.97 Å². The van der Waals surface area contributed by atoms with Crippen molar-refractivity contribution < 1.29 is 9.53 Å². The van der Waals surface area contributed by atoms with Crippen LogP contribution in [0.5, 0.6) is 0 Å². The van der Waals surface area contributed by atoms with Gasteiger partial charge in [-0.2, -0.15) is 0 Å². The van der Waals surface area contributed by atoms with Gasteiger partial charge in [0.05, 0.1) is 6.61 Å². The van der Waals surface area contributed by atoms with Crippen molar-refractivity contribution in [2.45, 2.75) is 32.1 Å². The predicted octanol–water partition coefficient (Wildman–Crippen LogP) is 2.05. The first-order valence-corrected chi connectivity index (χ1v) is 5.67. The molecule has 0 atom stereocenters. The highest BCUT2D eigenvalue weighted by Crippen LogP contribution is 2.50. The molecule has 0 amide bonds. The van der Waals surface area contributed by atoms with Gasteiger partial charge in [-0.15, -0.1) is 11.3 Å². The fraction of sp³-hybridized carbons (Fsp3) is 0.600. The molecule has 3 nitrogen and oxygen atoms in total. The van der Waals surface area contributed by atoms with Crippen molar-refractivity contribution in [3.05, 3.63) is 16.1 Å². The molecule has 0 N–H and O–H groups in total. The van der Waals surface area contributed by atoms with E-state index in [9.17, 15) is 4.79 Å². The molecule has 1 saturated carbocycles. The number of thiazole rings is 1. The Bertz CT molecular complexity index is 355. The van der Waals surface area contributed by atoms with E-state index in [1.807, 2.05) is 19.2 Å². The van der Waals surface area contributed by atoms with Gasteiger partial charge in [-0.25, -0.2) is 4.98 Å². The largest absolute Gasteiger partial charge is 0.465 e. The lowest BCUT2D eigenvalue weighted by Crippen LogP contribution is -2.23. The van der Waals surface area contributed by atoms with Crippen molar-refractivity contribution in [3.63, 3.8) is 0 Å². The van der Waals surface area contributed by atoms with E-state index in [2.05, 4.69) is 4.98 Å². The van der Waals surface area contributed by atoms with E-state index >= 15 is 0 Å². The summed E-state index contributed by atoms with van der Waals surface area (Å²) >= 11 is 1.56. The summed E-state index contributed by atoms with van der Waals surface area (Å²) in [6.07, 6.45) is 1.78. The molecule has 0 aliphatic heterocycles. The van der Waals surface area contributed by atoms with Gasteiger partial charge in [-0.1, -0.05) is 0 Å². The van der Waals surface area contributed by atoms with Gasteiger partial charge in [0.25, 0.3) is 0 Å². The molecule has 1 heterocycles. The molecule has 0 bridgehead atoms. The van der Waals surface area contributed by atoms with Crippen LogP contribution in [0.1, 0.15) is 30.5 Å². The summed E-state index contributed by atoms with van der Waals surface area (Å²) in [6, 6.07) is 0. The van der Waals surface area contributed by atoms with Crippen LogP contribution in [0.15, 0.2) is 5.38 Å². The maximum atomic E-state index is 11.7. The summed E-state index contributed by atoms with van der Waals surface area (Å²) in [4.78, 5) is 16.0. The molecule has 4 heteroatoms. The van der Waals surface area contributed by atoms with E-state index in [1.165, 1.54) is 0 Å². The average Bonchev–Trinajstić information content (AvgIpc) is 2.85. The maximum absolute atomic E-state index is 11.7. The predicted molar refractivity (Wildman–Crippen MR) is 54.4 cm³/mol. The summed E-state index contributed by atoms with van der Waals surface area (Å²) in [5.41, 5.74) is 0.607. The second kappa shape index (κ2) is 3.35. The van der Waals surface area contributed by atoms with Crippen LogP contribution in [-0.4, -0.2) is 17.6 Å². The molecule has 0 aromatic carbocycles. The summed E-state index contributed by atoms with van der Waals surface area (Å²) in [6.45, 7) is 4.23. The molecule has 1 fully saturated rings. The lowest BCUT2D eigenvalue weighted by atomic mass is 10.1. The second-order valence-electron chi connectivity index (χ2n) is 3.60. The second-order valence-corrected chi connectivity index (χ2v) is 4.45. The smallest absolute Gasteiger partial charge is 0.319 e. The molecule has 0 spiro atoms. The van der Waals surface area contributed by atoms with Crippen molar-refractivity contribution in [2.24, 2.45) is 0 Å². The summed E-state index contributed by atoms with van der Waals surface area (Å²) in [5.74, 6) is -0.102. The average molecular weight is 211 g/mol. The number of carbonyl (C=O) groups is 1. The molecule has 0 saturated heterocycles. The van der Waals surface area contributed by atoms with Crippen LogP contribution >= 0.6 is 11.3 Å². The molecule has 0 unspecified atom stereocenters. The van der Waals surface area contributed by atoms with Crippen LogP contribution in [0.4, 0.5) is 0 Å². The number of nitrogens with zero attached hydrogens (tertiary/aromatic N) is 1. The first kappa shape index (κ1) is 9.65. The fourth-order valence-corrected chi connectivity index (χ4v) is 2.52. The number of aromatic nitrogens is 1. The van der Waals surface area contributed by atoms with E-state index < -0.39 is 0 Å². The molecular weight excluding hydrogens is 198 g/mol. The zero-order valence-corrected chi connectivity index (χ0v) is 9.19. The van der Waals surface area contributed by atoms with Gasteiger partial charge in [-0.3, -0.25) is 4.79 Å². The highest BCUT2D eigenvalue weighted by molar-refractivity contribution is 7.10. The fourth-order valence-electron chi connectivity index (χ4n) is 1.47. The third kappa shape index (κ3) is 1.43. The molecular formula is C10H13NO2S. The monoisotopic (exact) mass is 211 g/mol. The maximum Gasteiger partial charge on any atom is 0.319 e. The van der Waals surface area contributed by atoms with Gasteiger partial charge < -0.3 is 4.74 Å². The van der Waals surface area contributed by atoms with E-state index in [4.69, 9.17) is 4.74 Å². The third-order valence-corrected chi connectivity index (χ3v) is 3.61. The quantitative estimate of drug-likeness (QED) is 0.718. The minimum Gasteiger partial charge on any atom is -0.465 e. The first-order valence-electron chi connectivity index (χ1n) is 4.79. The van der Waals surface area contributed by atoms with Crippen molar-refractivity contribution in [2.75, 3.05) is 6.61 Å². The van der Waals surface area contributed by atoms with E-state index in [0.717, 1.165) is 23.5 Å². The van der Waals surface area contributed by atoms with Gasteiger partial charge in [-0.05, 0) is 26.7 Å². The van der Waals surface area contributed by atoms with Crippen LogP contribution in [-0.2, 0) is 14.9 Å². The number of aryl methyl sites for hydroxylation is 1. The molecule has 76 valence electrons. The summed E-state index contributed by atoms with van der Waals surface area (Å²) < 4.78 is 5.06. The van der Waals surface area contributed by atoms with Crippen molar-refractivity contribution in [1.29, 1.82) is 0 Å². The molecule has 2 rings (SSSR count). The number of hydrogen-bond donors (Lipinski definition) is 0. The number of carbonyl (C=O) groups excluding carboxylic acids is 1. The standard InChI is InChI=1S/C10H13NO2S/c1-3-13-9(12)10(4-5-10)8-11-7(2)6-14-8/h6H,3-5H2,1-2H3. The van der Waals surface area contributed by atoms with E-state index in [-0.39, 0.29) is 11.4 Å². The normalized spacial score (nSPS) is 17.9. The number of ether oxygens (including phenoxy) is 1. The highest BCUT2D eigenvalue weighted by atomic mass is 32.1. The van der Waals surface area contributed by atoms with Crippen LogP contribution in [0.2, 0.25) is 0 Å². The highest BCUT2D eigenvalue weighted by Gasteiger charge is 2.55. The number of hydrogen-bond acceptors (Lipinski definition) is 4. The topological polar surface area (TPSA) is 39.2 Å². The zero-order valence-electron chi connectivity index (χ0n) is 8.37. The van der Waals surface area contributed by atoms with Crippen molar-refractivity contribution in [3.8, 4) is 0 Å². The van der Waals surface area contributed by atoms with Gasteiger partial charge in [0.2, 0.25) is 0 Å².